The van der Waals surface area contributed by atoms with Gasteiger partial charge < -0.3 is 9.77 Å². The molecule has 0 saturated carbocycles. The minimum absolute atomic E-state index is 0.0717. The van der Waals surface area contributed by atoms with Gasteiger partial charge in [-0.1, -0.05) is 53.0 Å². The van der Waals surface area contributed by atoms with Gasteiger partial charge in [-0.2, -0.15) is 5.48 Å². The van der Waals surface area contributed by atoms with E-state index in [2.05, 4.69) is 10.5 Å². The molecule has 0 radical (unpaired) electrons. The summed E-state index contributed by atoms with van der Waals surface area (Å²) in [5, 5.41) is 15.5. The molecule has 0 amide bonds. The molecule has 0 fully saturated rings. The van der Waals surface area contributed by atoms with E-state index < -0.39 is 5.09 Å². The minimum Gasteiger partial charge on any atom is -0.335 e. The Labute approximate surface area is 181 Å². The lowest BCUT2D eigenvalue weighted by molar-refractivity contribution is -0.742. The SMILES string of the molecule is Clc1ccc(C(Cn2ccnc2)NOCc2ccc(Cl)cc2Cl)cc1.O=[N+]([O-])O. The van der Waals surface area contributed by atoms with E-state index in [9.17, 15) is 0 Å². The Morgan fingerprint density at radius 3 is 2.41 bits per heavy atom. The second-order valence-electron chi connectivity index (χ2n) is 5.74. The predicted molar refractivity (Wildman–Crippen MR) is 110 cm³/mol. The molecule has 3 rings (SSSR count). The van der Waals surface area contributed by atoms with Crippen LogP contribution in [0, 0.1) is 10.1 Å². The van der Waals surface area contributed by atoms with Crippen LogP contribution in [0.25, 0.3) is 0 Å². The van der Waals surface area contributed by atoms with Crippen molar-refractivity contribution in [3.8, 4) is 0 Å². The van der Waals surface area contributed by atoms with Gasteiger partial charge >= 0.3 is 0 Å². The van der Waals surface area contributed by atoms with Gasteiger partial charge in [-0.25, -0.2) is 4.98 Å². The predicted octanol–water partition coefficient (Wildman–Crippen LogP) is 4.96. The Balaban J connectivity index is 0.000000687. The second-order valence-corrected chi connectivity index (χ2v) is 7.02. The molecule has 0 aliphatic carbocycles. The van der Waals surface area contributed by atoms with Gasteiger partial charge in [0, 0.05) is 34.0 Å². The molecule has 1 atom stereocenters. The van der Waals surface area contributed by atoms with Crippen LogP contribution >= 0.6 is 34.8 Å². The molecule has 2 aromatic carbocycles. The Bertz CT molecular complexity index is 904. The minimum atomic E-state index is -1.50. The topological polar surface area (TPSA) is 102 Å². The normalized spacial score (nSPS) is 11.4. The summed E-state index contributed by atoms with van der Waals surface area (Å²) >= 11 is 18.1. The average Bonchev–Trinajstić information content (AvgIpc) is 3.16. The summed E-state index contributed by atoms with van der Waals surface area (Å²) in [7, 11) is 0. The Morgan fingerprint density at radius 1 is 1.17 bits per heavy atom. The zero-order chi connectivity index (χ0) is 21.2. The van der Waals surface area contributed by atoms with Gasteiger partial charge in [-0.15, -0.1) is 10.1 Å². The fraction of sp³-hybridized carbons (Fsp3) is 0.167. The van der Waals surface area contributed by atoms with Crippen molar-refractivity contribution >= 4 is 34.8 Å². The molecule has 11 heteroatoms. The largest absolute Gasteiger partial charge is 0.335 e. The number of imidazole rings is 1. The van der Waals surface area contributed by atoms with E-state index in [0.717, 1.165) is 11.1 Å². The summed E-state index contributed by atoms with van der Waals surface area (Å²) in [6, 6.07) is 12.9. The first kappa shape index (κ1) is 22.9. The highest BCUT2D eigenvalue weighted by atomic mass is 35.5. The zero-order valence-electron chi connectivity index (χ0n) is 14.9. The third-order valence-electron chi connectivity index (χ3n) is 3.69. The number of nitrogens with zero attached hydrogens (tertiary/aromatic N) is 3. The van der Waals surface area contributed by atoms with Crippen LogP contribution in [0.3, 0.4) is 0 Å². The fourth-order valence-electron chi connectivity index (χ4n) is 2.37. The lowest BCUT2D eigenvalue weighted by atomic mass is 10.1. The molecule has 0 aliphatic heterocycles. The van der Waals surface area contributed by atoms with Gasteiger partial charge in [0.05, 0.1) is 19.0 Å². The van der Waals surface area contributed by atoms with Crippen LogP contribution in [0.2, 0.25) is 15.1 Å². The highest BCUT2D eigenvalue weighted by molar-refractivity contribution is 6.35. The lowest BCUT2D eigenvalue weighted by Crippen LogP contribution is -2.25. The molecular formula is C18H17Cl3N4O4. The molecule has 8 nitrogen and oxygen atoms in total. The summed E-state index contributed by atoms with van der Waals surface area (Å²) in [4.78, 5) is 18.1. The van der Waals surface area contributed by atoms with Crippen LogP contribution in [-0.2, 0) is 18.0 Å². The monoisotopic (exact) mass is 458 g/mol. The van der Waals surface area contributed by atoms with Gasteiger partial charge in [0.25, 0.3) is 5.09 Å². The van der Waals surface area contributed by atoms with Crippen LogP contribution in [0.5, 0.6) is 0 Å². The van der Waals surface area contributed by atoms with Crippen molar-refractivity contribution in [2.45, 2.75) is 19.2 Å². The molecule has 1 unspecified atom stereocenters. The number of nitrogens with one attached hydrogen (secondary N) is 1. The van der Waals surface area contributed by atoms with E-state index in [1.54, 1.807) is 24.7 Å². The number of hydroxylamine groups is 1. The summed E-state index contributed by atoms with van der Waals surface area (Å²) in [6.45, 7) is 0.986. The molecule has 0 aliphatic rings. The lowest BCUT2D eigenvalue weighted by Gasteiger charge is -2.20. The van der Waals surface area contributed by atoms with Crippen LogP contribution in [0.15, 0.2) is 61.2 Å². The average molecular weight is 460 g/mol. The summed E-state index contributed by atoms with van der Waals surface area (Å²) in [6.07, 6.45) is 5.41. The van der Waals surface area contributed by atoms with E-state index in [0.29, 0.717) is 28.2 Å². The van der Waals surface area contributed by atoms with Gasteiger partial charge in [-0.05, 0) is 35.4 Å². The Hall–Kier alpha value is -2.36. The maximum Gasteiger partial charge on any atom is 0.291 e. The molecular weight excluding hydrogens is 443 g/mol. The van der Waals surface area contributed by atoms with Gasteiger partial charge in [-0.3, -0.25) is 4.84 Å². The highest BCUT2D eigenvalue weighted by Crippen LogP contribution is 2.22. The molecule has 1 aromatic heterocycles. The van der Waals surface area contributed by atoms with E-state index in [1.165, 1.54) is 0 Å². The highest BCUT2D eigenvalue weighted by Gasteiger charge is 2.13. The Morgan fingerprint density at radius 2 is 1.83 bits per heavy atom. The second kappa shape index (κ2) is 11.6. The number of halogens is 3. The molecule has 0 saturated heterocycles. The number of hydrogen-bond donors (Lipinski definition) is 2. The van der Waals surface area contributed by atoms with Crippen molar-refractivity contribution in [1.29, 1.82) is 0 Å². The van der Waals surface area contributed by atoms with Crippen molar-refractivity contribution in [1.82, 2.24) is 15.0 Å². The first-order valence-electron chi connectivity index (χ1n) is 8.21. The maximum atomic E-state index is 8.36. The van der Waals surface area contributed by atoms with Crippen molar-refractivity contribution < 1.29 is 15.1 Å². The summed E-state index contributed by atoms with van der Waals surface area (Å²) in [5.74, 6) is 0. The first-order valence-corrected chi connectivity index (χ1v) is 9.34. The van der Waals surface area contributed by atoms with E-state index in [4.69, 9.17) is 55.0 Å². The molecule has 2 N–H and O–H groups in total. The third-order valence-corrected chi connectivity index (χ3v) is 4.53. The molecule has 154 valence electrons. The molecule has 29 heavy (non-hydrogen) atoms. The van der Waals surface area contributed by atoms with Crippen molar-refractivity contribution in [3.05, 3.63) is 97.5 Å². The van der Waals surface area contributed by atoms with Crippen LogP contribution in [-0.4, -0.2) is 19.8 Å². The maximum absolute atomic E-state index is 8.36. The standard InChI is InChI=1S/C18H16Cl3N3O.HNO3/c19-15-4-1-13(2-5-15)18(10-24-8-7-22-12-24)23-25-11-14-3-6-16(20)9-17(14)21;2-1(3)4/h1-9,12,18,23H,10-11H2;(H,2,3,4). The number of rotatable bonds is 7. The van der Waals surface area contributed by atoms with Crippen molar-refractivity contribution in [2.75, 3.05) is 0 Å². The number of benzene rings is 2. The van der Waals surface area contributed by atoms with Crippen molar-refractivity contribution in [3.63, 3.8) is 0 Å². The molecule has 0 bridgehead atoms. The van der Waals surface area contributed by atoms with Gasteiger partial charge in [0.15, 0.2) is 0 Å². The third kappa shape index (κ3) is 8.26. The van der Waals surface area contributed by atoms with E-state index >= 15 is 0 Å². The van der Waals surface area contributed by atoms with Gasteiger partial charge in [0.2, 0.25) is 0 Å². The van der Waals surface area contributed by atoms with E-state index in [1.807, 2.05) is 41.1 Å². The quantitative estimate of drug-likeness (QED) is 0.382. The van der Waals surface area contributed by atoms with Crippen LogP contribution < -0.4 is 5.48 Å². The number of aromatic nitrogens is 2. The summed E-state index contributed by atoms with van der Waals surface area (Å²) in [5.41, 5.74) is 5.01. The molecule has 0 spiro atoms. The summed E-state index contributed by atoms with van der Waals surface area (Å²) < 4.78 is 1.98. The van der Waals surface area contributed by atoms with Crippen LogP contribution in [0.4, 0.5) is 0 Å². The smallest absolute Gasteiger partial charge is 0.291 e. The van der Waals surface area contributed by atoms with E-state index in [-0.39, 0.29) is 6.04 Å². The van der Waals surface area contributed by atoms with Crippen molar-refractivity contribution in [2.24, 2.45) is 0 Å². The molecule has 1 heterocycles. The van der Waals surface area contributed by atoms with Gasteiger partial charge in [0.1, 0.15) is 0 Å². The van der Waals surface area contributed by atoms with Crippen LogP contribution in [0.1, 0.15) is 17.2 Å². The zero-order valence-corrected chi connectivity index (χ0v) is 17.2. The molecule has 3 aromatic rings. The first-order chi connectivity index (χ1) is 13.8. The Kier molecular flexibility index (Phi) is 9.17. The fourth-order valence-corrected chi connectivity index (χ4v) is 2.96. The number of hydrogen-bond acceptors (Lipinski definition) is 5.